The molecule has 0 aliphatic heterocycles. The van der Waals surface area contributed by atoms with Gasteiger partial charge in [0.1, 0.15) is 24.1 Å². The molecule has 9 nitrogen and oxygen atoms in total. The van der Waals surface area contributed by atoms with Gasteiger partial charge in [-0.3, -0.25) is 4.52 Å². The first-order valence-corrected chi connectivity index (χ1v) is 10.2. The molecule has 27 heavy (non-hydrogen) atoms. The predicted molar refractivity (Wildman–Crippen MR) is 98.7 cm³/mol. The standard InChI is InChI=1S/C15H14BrClNO8P/c16-7-1-2-8-12(13(7)17)11(5-18-8)25-9-3-6(15(20)21)4-10(14(9)19)26-27(22,23)24/h1-2,4-5,9-10,14,18-19H,3H2,(H,20,21)(H2,22,23,24). The molecule has 0 spiro atoms. The minimum atomic E-state index is -4.97. The molecule has 12 heteroatoms. The van der Waals surface area contributed by atoms with Crippen LogP contribution in [-0.2, 0) is 13.9 Å². The lowest BCUT2D eigenvalue weighted by atomic mass is 9.92. The Morgan fingerprint density at radius 3 is 2.70 bits per heavy atom. The Kier molecular flexibility index (Phi) is 5.69. The first kappa shape index (κ1) is 20.3. The maximum Gasteiger partial charge on any atom is 0.470 e. The summed E-state index contributed by atoms with van der Waals surface area (Å²) in [7, 11) is -4.97. The number of aromatic amines is 1. The number of rotatable bonds is 5. The quantitative estimate of drug-likeness (QED) is 0.408. The van der Waals surface area contributed by atoms with Gasteiger partial charge < -0.3 is 29.7 Å². The van der Waals surface area contributed by atoms with Crippen LogP contribution in [0.25, 0.3) is 10.9 Å². The highest BCUT2D eigenvalue weighted by Gasteiger charge is 2.39. The number of aromatic nitrogens is 1. The number of nitrogens with one attached hydrogen (secondary N) is 1. The van der Waals surface area contributed by atoms with Gasteiger partial charge in [0.2, 0.25) is 0 Å². The molecule has 146 valence electrons. The van der Waals surface area contributed by atoms with Crippen molar-refractivity contribution in [3.05, 3.63) is 39.5 Å². The third-order valence-corrected chi connectivity index (χ3v) is 5.82. The van der Waals surface area contributed by atoms with E-state index in [1.165, 1.54) is 6.20 Å². The van der Waals surface area contributed by atoms with E-state index >= 15 is 0 Å². The van der Waals surface area contributed by atoms with E-state index in [0.717, 1.165) is 6.08 Å². The Hall–Kier alpha value is -1.39. The molecule has 1 heterocycles. The van der Waals surface area contributed by atoms with Crippen LogP contribution >= 0.6 is 35.4 Å². The number of aliphatic hydroxyl groups is 1. The lowest BCUT2D eigenvalue weighted by molar-refractivity contribution is -0.134. The van der Waals surface area contributed by atoms with Crippen molar-refractivity contribution in [1.82, 2.24) is 4.98 Å². The summed E-state index contributed by atoms with van der Waals surface area (Å²) < 4.78 is 22.0. The summed E-state index contributed by atoms with van der Waals surface area (Å²) in [5.41, 5.74) is 0.455. The summed E-state index contributed by atoms with van der Waals surface area (Å²) in [6.45, 7) is 0. The van der Waals surface area contributed by atoms with Crippen LogP contribution in [-0.4, -0.2) is 49.3 Å². The number of carboxylic acid groups (broad SMARTS) is 1. The molecule has 1 aliphatic carbocycles. The highest BCUT2D eigenvalue weighted by molar-refractivity contribution is 9.10. The first-order chi connectivity index (χ1) is 12.6. The molecule has 0 fully saturated rings. The number of aliphatic carboxylic acids is 1. The molecule has 3 rings (SSSR count). The zero-order valence-corrected chi connectivity index (χ0v) is 16.6. The number of halogens is 2. The van der Waals surface area contributed by atoms with Crippen LogP contribution in [0.3, 0.4) is 0 Å². The molecular weight excluding hydrogens is 468 g/mol. The van der Waals surface area contributed by atoms with Gasteiger partial charge in [0.25, 0.3) is 0 Å². The maximum atomic E-state index is 11.3. The summed E-state index contributed by atoms with van der Waals surface area (Å²) in [4.78, 5) is 32.3. The summed E-state index contributed by atoms with van der Waals surface area (Å²) in [5, 5.41) is 20.5. The van der Waals surface area contributed by atoms with E-state index in [1.54, 1.807) is 12.1 Å². The van der Waals surface area contributed by atoms with Crippen LogP contribution in [0.2, 0.25) is 5.02 Å². The Morgan fingerprint density at radius 1 is 1.37 bits per heavy atom. The van der Waals surface area contributed by atoms with E-state index in [0.29, 0.717) is 20.4 Å². The number of H-pyrrole nitrogens is 1. The molecule has 3 unspecified atom stereocenters. The van der Waals surface area contributed by atoms with Crippen LogP contribution in [0.4, 0.5) is 0 Å². The Bertz CT molecular complexity index is 970. The number of benzene rings is 1. The summed E-state index contributed by atoms with van der Waals surface area (Å²) >= 11 is 9.58. The van der Waals surface area contributed by atoms with Gasteiger partial charge in [-0.05, 0) is 34.1 Å². The molecule has 2 aromatic rings. The van der Waals surface area contributed by atoms with Gasteiger partial charge in [0.15, 0.2) is 0 Å². The molecule has 1 aromatic heterocycles. The number of phosphoric ester groups is 1. The number of fused-ring (bicyclic) bond motifs is 1. The normalized spacial score (nSPS) is 23.3. The number of carboxylic acids is 1. The van der Waals surface area contributed by atoms with Crippen molar-refractivity contribution in [3.63, 3.8) is 0 Å². The lowest BCUT2D eigenvalue weighted by Crippen LogP contribution is -2.45. The van der Waals surface area contributed by atoms with Crippen molar-refractivity contribution < 1.29 is 38.6 Å². The fraction of sp³-hybridized carbons (Fsp3) is 0.267. The van der Waals surface area contributed by atoms with Crippen molar-refractivity contribution in [2.75, 3.05) is 0 Å². The van der Waals surface area contributed by atoms with Crippen molar-refractivity contribution >= 4 is 52.2 Å². The van der Waals surface area contributed by atoms with Gasteiger partial charge in [0.05, 0.1) is 15.9 Å². The number of hydrogen-bond acceptors (Lipinski definition) is 5. The molecule has 0 amide bonds. The minimum Gasteiger partial charge on any atom is -0.485 e. The van der Waals surface area contributed by atoms with E-state index in [9.17, 15) is 19.6 Å². The molecule has 5 N–H and O–H groups in total. The van der Waals surface area contributed by atoms with Crippen LogP contribution in [0.5, 0.6) is 5.75 Å². The first-order valence-electron chi connectivity index (χ1n) is 7.54. The minimum absolute atomic E-state index is 0.198. The molecule has 3 atom stereocenters. The van der Waals surface area contributed by atoms with Crippen molar-refractivity contribution in [3.8, 4) is 5.75 Å². The molecule has 1 aliphatic rings. The molecule has 0 saturated carbocycles. The molecule has 0 radical (unpaired) electrons. The number of carbonyl (C=O) groups is 1. The van der Waals surface area contributed by atoms with Gasteiger partial charge in [-0.2, -0.15) is 0 Å². The Morgan fingerprint density at radius 2 is 2.07 bits per heavy atom. The predicted octanol–water partition coefficient (Wildman–Crippen LogP) is 2.58. The monoisotopic (exact) mass is 481 g/mol. The van der Waals surface area contributed by atoms with Crippen LogP contribution in [0, 0.1) is 0 Å². The average molecular weight is 483 g/mol. The van der Waals surface area contributed by atoms with Crippen LogP contribution in [0.15, 0.2) is 34.5 Å². The number of ether oxygens (including phenoxy) is 1. The fourth-order valence-corrected chi connectivity index (χ4v) is 3.91. The second-order valence-electron chi connectivity index (χ2n) is 5.85. The zero-order valence-electron chi connectivity index (χ0n) is 13.4. The zero-order chi connectivity index (χ0) is 19.9. The second-order valence-corrected chi connectivity index (χ2v) is 8.27. The number of aliphatic hydroxyl groups excluding tert-OH is 1. The van der Waals surface area contributed by atoms with Crippen LogP contribution in [0.1, 0.15) is 6.42 Å². The SMILES string of the molecule is O=C(O)C1=CC(OP(=O)(O)O)C(O)C(Oc2c[nH]c3ccc(Br)c(Cl)c23)C1. The number of hydrogen-bond donors (Lipinski definition) is 5. The van der Waals surface area contributed by atoms with Gasteiger partial charge >= 0.3 is 13.8 Å². The highest BCUT2D eigenvalue weighted by atomic mass is 79.9. The smallest absolute Gasteiger partial charge is 0.470 e. The topological polar surface area (TPSA) is 149 Å². The third kappa shape index (κ3) is 4.38. The van der Waals surface area contributed by atoms with Gasteiger partial charge in [-0.25, -0.2) is 9.36 Å². The summed E-state index contributed by atoms with van der Waals surface area (Å²) in [6.07, 6.45) is -1.94. The molecular formula is C15H14BrClNO8P. The van der Waals surface area contributed by atoms with E-state index < -0.39 is 32.1 Å². The van der Waals surface area contributed by atoms with Gasteiger partial charge in [-0.15, -0.1) is 0 Å². The van der Waals surface area contributed by atoms with Crippen LogP contribution < -0.4 is 4.74 Å². The second kappa shape index (κ2) is 7.56. The molecule has 0 saturated heterocycles. The fourth-order valence-electron chi connectivity index (χ4n) is 2.82. The van der Waals surface area contributed by atoms with Gasteiger partial charge in [0, 0.05) is 22.7 Å². The van der Waals surface area contributed by atoms with Gasteiger partial charge in [-0.1, -0.05) is 11.6 Å². The highest BCUT2D eigenvalue weighted by Crippen LogP contribution is 2.42. The largest absolute Gasteiger partial charge is 0.485 e. The summed E-state index contributed by atoms with van der Waals surface area (Å²) in [5.74, 6) is -1.06. The third-order valence-electron chi connectivity index (χ3n) is 4.02. The van der Waals surface area contributed by atoms with E-state index in [4.69, 9.17) is 26.1 Å². The van der Waals surface area contributed by atoms with Crippen molar-refractivity contribution in [2.24, 2.45) is 0 Å². The Labute approximate surface area is 165 Å². The van der Waals surface area contributed by atoms with Crippen molar-refractivity contribution in [1.29, 1.82) is 0 Å². The lowest BCUT2D eigenvalue weighted by Gasteiger charge is -2.32. The maximum absolute atomic E-state index is 11.3. The summed E-state index contributed by atoms with van der Waals surface area (Å²) in [6, 6.07) is 3.48. The Balaban J connectivity index is 1.94. The van der Waals surface area contributed by atoms with E-state index in [1.807, 2.05) is 0 Å². The van der Waals surface area contributed by atoms with E-state index in [-0.39, 0.29) is 17.7 Å². The number of phosphoric acid groups is 1. The van der Waals surface area contributed by atoms with Crippen molar-refractivity contribution in [2.45, 2.75) is 24.7 Å². The molecule has 1 aromatic carbocycles. The van der Waals surface area contributed by atoms with E-state index in [2.05, 4.69) is 25.4 Å². The molecule has 0 bridgehead atoms. The average Bonchev–Trinajstić information content (AvgIpc) is 2.96.